The van der Waals surface area contributed by atoms with Crippen LogP contribution in [0.5, 0.6) is 0 Å². The van der Waals surface area contributed by atoms with Crippen molar-refractivity contribution >= 4 is 43.8 Å². The van der Waals surface area contributed by atoms with E-state index in [0.717, 1.165) is 0 Å². The number of rotatable bonds is 4. The predicted molar refractivity (Wildman–Crippen MR) is 65.3 cm³/mol. The molecule has 0 aromatic heterocycles. The maximum Gasteiger partial charge on any atom is 0.338 e. The molecular formula is C10H8Br2O4. The minimum absolute atomic E-state index is 0.0951. The van der Waals surface area contributed by atoms with Gasteiger partial charge in [-0.25, -0.2) is 9.59 Å². The largest absolute Gasteiger partial charge is 0.478 e. The second-order valence-electron chi connectivity index (χ2n) is 2.87. The summed E-state index contributed by atoms with van der Waals surface area (Å²) in [6.45, 7) is 0.194. The lowest BCUT2D eigenvalue weighted by Crippen LogP contribution is -2.10. The topological polar surface area (TPSA) is 63.6 Å². The fraction of sp³-hybridized carbons (Fsp3) is 0.200. The number of carboxylic acid groups (broad SMARTS) is 1. The molecule has 1 aromatic carbocycles. The Hall–Kier alpha value is -0.880. The third-order valence-electron chi connectivity index (χ3n) is 1.71. The van der Waals surface area contributed by atoms with Crippen molar-refractivity contribution in [1.82, 2.24) is 0 Å². The number of esters is 1. The molecule has 86 valence electrons. The maximum absolute atomic E-state index is 11.4. The van der Waals surface area contributed by atoms with Gasteiger partial charge in [0, 0.05) is 0 Å². The number of carboxylic acids is 1. The predicted octanol–water partition coefficient (Wildman–Crippen LogP) is 2.66. The van der Waals surface area contributed by atoms with Crippen molar-refractivity contribution in [3.8, 4) is 0 Å². The van der Waals surface area contributed by atoms with E-state index in [0.29, 0.717) is 5.56 Å². The zero-order valence-corrected chi connectivity index (χ0v) is 11.2. The molecule has 0 amide bonds. The number of aromatic carboxylic acids is 1. The van der Waals surface area contributed by atoms with Gasteiger partial charge in [0.15, 0.2) is 0 Å². The van der Waals surface area contributed by atoms with Crippen molar-refractivity contribution in [2.45, 2.75) is 3.74 Å². The van der Waals surface area contributed by atoms with Gasteiger partial charge in [0.1, 0.15) is 10.3 Å². The molecule has 0 spiro atoms. The molecule has 1 N–H and O–H groups in total. The average Bonchev–Trinajstić information content (AvgIpc) is 2.26. The van der Waals surface area contributed by atoms with Gasteiger partial charge in [0.2, 0.25) is 0 Å². The van der Waals surface area contributed by atoms with E-state index in [1.165, 1.54) is 24.3 Å². The highest BCUT2D eigenvalue weighted by Gasteiger charge is 2.10. The minimum atomic E-state index is -1.03. The minimum Gasteiger partial charge on any atom is -0.478 e. The molecule has 0 aliphatic rings. The van der Waals surface area contributed by atoms with Crippen LogP contribution < -0.4 is 0 Å². The highest BCUT2D eigenvalue weighted by atomic mass is 79.9. The monoisotopic (exact) mass is 350 g/mol. The number of alkyl halides is 2. The van der Waals surface area contributed by atoms with Crippen LogP contribution in [-0.4, -0.2) is 27.4 Å². The van der Waals surface area contributed by atoms with Crippen molar-refractivity contribution in [3.63, 3.8) is 0 Å². The Bertz CT molecular complexity index is 386. The van der Waals surface area contributed by atoms with E-state index in [1.54, 1.807) is 0 Å². The molecule has 4 nitrogen and oxygen atoms in total. The first-order valence-electron chi connectivity index (χ1n) is 4.29. The molecule has 1 aromatic rings. The number of hydrogen-bond acceptors (Lipinski definition) is 3. The van der Waals surface area contributed by atoms with Crippen molar-refractivity contribution in [3.05, 3.63) is 35.4 Å². The smallest absolute Gasteiger partial charge is 0.338 e. The Labute approximate surface area is 109 Å². The van der Waals surface area contributed by atoms with Gasteiger partial charge in [-0.05, 0) is 24.3 Å². The van der Waals surface area contributed by atoms with Crippen molar-refractivity contribution in [2.24, 2.45) is 0 Å². The zero-order chi connectivity index (χ0) is 12.1. The number of halogens is 2. The Balaban J connectivity index is 2.67. The first-order chi connectivity index (χ1) is 7.50. The molecule has 0 atom stereocenters. The van der Waals surface area contributed by atoms with Gasteiger partial charge < -0.3 is 9.84 Å². The van der Waals surface area contributed by atoms with E-state index in [2.05, 4.69) is 31.9 Å². The lowest BCUT2D eigenvalue weighted by molar-refractivity contribution is 0.0525. The molecule has 0 bridgehead atoms. The van der Waals surface area contributed by atoms with Gasteiger partial charge in [-0.1, -0.05) is 31.9 Å². The Kier molecular flexibility index (Phi) is 4.95. The third-order valence-corrected chi connectivity index (χ3v) is 2.24. The van der Waals surface area contributed by atoms with Crippen molar-refractivity contribution in [1.29, 1.82) is 0 Å². The summed E-state index contributed by atoms with van der Waals surface area (Å²) in [6.07, 6.45) is 0. The summed E-state index contributed by atoms with van der Waals surface area (Å²) >= 11 is 6.34. The van der Waals surface area contributed by atoms with Gasteiger partial charge >= 0.3 is 11.9 Å². The molecule has 0 unspecified atom stereocenters. The lowest BCUT2D eigenvalue weighted by atomic mass is 10.1. The summed E-state index contributed by atoms with van der Waals surface area (Å²) in [5.41, 5.74) is 0.459. The van der Waals surface area contributed by atoms with Gasteiger partial charge in [-0.2, -0.15) is 0 Å². The molecule has 0 saturated carbocycles. The first kappa shape index (κ1) is 13.2. The second kappa shape index (κ2) is 6.00. The quantitative estimate of drug-likeness (QED) is 0.669. The van der Waals surface area contributed by atoms with Crippen LogP contribution in [-0.2, 0) is 4.74 Å². The number of ether oxygens (including phenoxy) is 1. The Morgan fingerprint density at radius 2 is 1.69 bits per heavy atom. The Morgan fingerprint density at radius 1 is 1.19 bits per heavy atom. The van der Waals surface area contributed by atoms with E-state index in [4.69, 9.17) is 9.84 Å². The van der Waals surface area contributed by atoms with Crippen LogP contribution in [0.1, 0.15) is 20.7 Å². The molecule has 6 heteroatoms. The molecule has 16 heavy (non-hydrogen) atoms. The summed E-state index contributed by atoms with van der Waals surface area (Å²) in [4.78, 5) is 22.0. The van der Waals surface area contributed by atoms with Crippen LogP contribution in [0, 0.1) is 0 Å². The molecule has 0 saturated heterocycles. The molecule has 0 fully saturated rings. The zero-order valence-electron chi connectivity index (χ0n) is 8.02. The third kappa shape index (κ3) is 3.94. The van der Waals surface area contributed by atoms with Crippen LogP contribution in [0.3, 0.4) is 0 Å². The van der Waals surface area contributed by atoms with Gasteiger partial charge in [-0.15, -0.1) is 0 Å². The fourth-order valence-electron chi connectivity index (χ4n) is 0.971. The van der Waals surface area contributed by atoms with E-state index in [9.17, 15) is 9.59 Å². The molecular weight excluding hydrogens is 344 g/mol. The fourth-order valence-corrected chi connectivity index (χ4v) is 1.24. The molecule has 0 heterocycles. The van der Waals surface area contributed by atoms with Crippen LogP contribution in [0.2, 0.25) is 0 Å². The summed E-state index contributed by atoms with van der Waals surface area (Å²) in [6, 6.07) is 5.56. The summed E-state index contributed by atoms with van der Waals surface area (Å²) in [5, 5.41) is 8.66. The molecule has 1 rings (SSSR count). The summed E-state index contributed by atoms with van der Waals surface area (Å²) in [7, 11) is 0. The molecule has 0 radical (unpaired) electrons. The highest BCUT2D eigenvalue weighted by Crippen LogP contribution is 2.10. The number of carbonyl (C=O) groups excluding carboxylic acids is 1. The van der Waals surface area contributed by atoms with Crippen LogP contribution in [0.4, 0.5) is 0 Å². The number of hydrogen-bond donors (Lipinski definition) is 1. The molecule has 0 aliphatic heterocycles. The highest BCUT2D eigenvalue weighted by molar-refractivity contribution is 9.24. The standard InChI is InChI=1S/C10H8Br2O4/c11-8(12)5-16-10(15)7-3-1-6(2-4-7)9(13)14/h1-4,8H,5H2,(H,13,14). The first-order valence-corrected chi connectivity index (χ1v) is 6.12. The number of benzene rings is 1. The van der Waals surface area contributed by atoms with E-state index in [1.807, 2.05) is 0 Å². The molecule has 0 aliphatic carbocycles. The van der Waals surface area contributed by atoms with Crippen LogP contribution in [0.25, 0.3) is 0 Å². The van der Waals surface area contributed by atoms with Crippen molar-refractivity contribution < 1.29 is 19.4 Å². The summed E-state index contributed by atoms with van der Waals surface area (Å²) < 4.78 is 4.81. The van der Waals surface area contributed by atoms with E-state index >= 15 is 0 Å². The average molecular weight is 352 g/mol. The van der Waals surface area contributed by atoms with Crippen LogP contribution in [0.15, 0.2) is 24.3 Å². The van der Waals surface area contributed by atoms with E-state index in [-0.39, 0.29) is 15.9 Å². The van der Waals surface area contributed by atoms with Gasteiger partial charge in [-0.3, -0.25) is 0 Å². The lowest BCUT2D eigenvalue weighted by Gasteiger charge is -2.05. The van der Waals surface area contributed by atoms with Crippen LogP contribution >= 0.6 is 31.9 Å². The van der Waals surface area contributed by atoms with Gasteiger partial charge in [0.25, 0.3) is 0 Å². The van der Waals surface area contributed by atoms with E-state index < -0.39 is 11.9 Å². The second-order valence-corrected chi connectivity index (χ2v) is 6.31. The van der Waals surface area contributed by atoms with Crippen molar-refractivity contribution in [2.75, 3.05) is 6.61 Å². The van der Waals surface area contributed by atoms with Gasteiger partial charge in [0.05, 0.1) is 11.1 Å². The SMILES string of the molecule is O=C(O)c1ccc(C(=O)OCC(Br)Br)cc1. The maximum atomic E-state index is 11.4. The summed E-state index contributed by atoms with van der Waals surface area (Å²) in [5.74, 6) is -1.51. The normalized spacial score (nSPS) is 10.2. The number of carbonyl (C=O) groups is 2. The Morgan fingerprint density at radius 3 is 2.12 bits per heavy atom.